The molecule has 2 rings (SSSR count). The Labute approximate surface area is 153 Å². The fourth-order valence-corrected chi connectivity index (χ4v) is 2.76. The number of carbonyl (C=O) groups excluding carboxylic acids is 2. The number of aryl methyl sites for hydroxylation is 2. The molecule has 8 heteroatoms. The molecule has 0 aliphatic carbocycles. The number of benzene rings is 1. The number of furan rings is 1. The monoisotopic (exact) mass is 410 g/mol. The minimum atomic E-state index is -0.436. The Bertz CT molecular complexity index is 801. The summed E-state index contributed by atoms with van der Waals surface area (Å²) >= 11 is 3.39. The van der Waals surface area contributed by atoms with Crippen molar-refractivity contribution in [2.45, 2.75) is 20.3 Å². The van der Waals surface area contributed by atoms with Crippen LogP contribution in [0.1, 0.15) is 27.4 Å². The largest absolute Gasteiger partial charge is 0.493 e. The van der Waals surface area contributed by atoms with Crippen LogP contribution in [0.25, 0.3) is 0 Å². The van der Waals surface area contributed by atoms with Gasteiger partial charge in [-0.05, 0) is 37.6 Å². The van der Waals surface area contributed by atoms with Crippen LogP contribution in [-0.2, 0) is 11.2 Å². The summed E-state index contributed by atoms with van der Waals surface area (Å²) in [7, 11) is 3.05. The molecule has 1 heterocycles. The molecule has 0 saturated carbocycles. The molecule has 0 aliphatic rings. The van der Waals surface area contributed by atoms with Crippen LogP contribution >= 0.6 is 15.9 Å². The molecule has 2 amide bonds. The van der Waals surface area contributed by atoms with Crippen LogP contribution in [0.5, 0.6) is 11.5 Å². The first-order chi connectivity index (χ1) is 11.8. The molecule has 2 aromatic rings. The average Bonchev–Trinajstić information content (AvgIpc) is 2.92. The molecular formula is C17H19BrN2O5. The third-order valence-electron chi connectivity index (χ3n) is 3.50. The number of halogens is 1. The molecule has 2 N–H and O–H groups in total. The van der Waals surface area contributed by atoms with Crippen LogP contribution in [0.3, 0.4) is 0 Å². The highest BCUT2D eigenvalue weighted by Crippen LogP contribution is 2.33. The van der Waals surface area contributed by atoms with E-state index in [0.717, 1.165) is 0 Å². The highest BCUT2D eigenvalue weighted by molar-refractivity contribution is 9.10. The van der Waals surface area contributed by atoms with Crippen molar-refractivity contribution in [1.29, 1.82) is 0 Å². The molecule has 134 valence electrons. The lowest BCUT2D eigenvalue weighted by molar-refractivity contribution is -0.121. The Kier molecular flexibility index (Phi) is 6.08. The zero-order valence-electron chi connectivity index (χ0n) is 14.4. The van der Waals surface area contributed by atoms with Gasteiger partial charge < -0.3 is 13.9 Å². The number of rotatable bonds is 5. The molecule has 0 bridgehead atoms. The molecule has 25 heavy (non-hydrogen) atoms. The summed E-state index contributed by atoms with van der Waals surface area (Å²) < 4.78 is 16.4. The lowest BCUT2D eigenvalue weighted by Gasteiger charge is -2.12. The number of carbonyl (C=O) groups is 2. The second kappa shape index (κ2) is 8.06. The van der Waals surface area contributed by atoms with E-state index in [4.69, 9.17) is 13.9 Å². The standard InChI is InChI=1S/C17H19BrN2O5/c1-9-5-12(10(2)25-9)17(22)20-19-16(21)7-11-6-14(23-3)15(24-4)8-13(11)18/h5-6,8H,7H2,1-4H3,(H,19,21)(H,20,22). The summed E-state index contributed by atoms with van der Waals surface area (Å²) in [6, 6.07) is 5.04. The maximum absolute atomic E-state index is 12.1. The molecule has 0 radical (unpaired) electrons. The summed E-state index contributed by atoms with van der Waals surface area (Å²) in [4.78, 5) is 24.2. The van der Waals surface area contributed by atoms with Crippen molar-refractivity contribution >= 4 is 27.7 Å². The number of hydrazine groups is 1. The third kappa shape index (κ3) is 4.54. The topological polar surface area (TPSA) is 89.8 Å². The Morgan fingerprint density at radius 3 is 2.28 bits per heavy atom. The molecule has 1 aromatic carbocycles. The van der Waals surface area contributed by atoms with Gasteiger partial charge in [-0.1, -0.05) is 15.9 Å². The van der Waals surface area contributed by atoms with Gasteiger partial charge in [0.1, 0.15) is 11.5 Å². The lowest BCUT2D eigenvalue weighted by Crippen LogP contribution is -2.42. The van der Waals surface area contributed by atoms with Crippen molar-refractivity contribution in [2.75, 3.05) is 14.2 Å². The van der Waals surface area contributed by atoms with E-state index in [1.54, 1.807) is 32.0 Å². The average molecular weight is 411 g/mol. The molecule has 0 saturated heterocycles. The molecule has 7 nitrogen and oxygen atoms in total. The van der Waals surface area contributed by atoms with Gasteiger partial charge in [0.05, 0.1) is 26.2 Å². The van der Waals surface area contributed by atoms with Crippen molar-refractivity contribution in [2.24, 2.45) is 0 Å². The van der Waals surface area contributed by atoms with Crippen molar-refractivity contribution < 1.29 is 23.5 Å². The van der Waals surface area contributed by atoms with Gasteiger partial charge in [0.25, 0.3) is 5.91 Å². The Morgan fingerprint density at radius 1 is 1.08 bits per heavy atom. The van der Waals surface area contributed by atoms with Crippen LogP contribution < -0.4 is 20.3 Å². The normalized spacial score (nSPS) is 10.3. The predicted molar refractivity (Wildman–Crippen MR) is 94.7 cm³/mol. The van der Waals surface area contributed by atoms with Crippen molar-refractivity contribution in [3.63, 3.8) is 0 Å². The van der Waals surface area contributed by atoms with E-state index in [9.17, 15) is 9.59 Å². The van der Waals surface area contributed by atoms with E-state index in [1.165, 1.54) is 14.2 Å². The quantitative estimate of drug-likeness (QED) is 0.739. The number of methoxy groups -OCH3 is 2. The second-order valence-electron chi connectivity index (χ2n) is 5.30. The molecular weight excluding hydrogens is 392 g/mol. The number of hydrogen-bond acceptors (Lipinski definition) is 5. The highest BCUT2D eigenvalue weighted by Gasteiger charge is 2.16. The van der Waals surface area contributed by atoms with Crippen molar-refractivity contribution in [3.8, 4) is 11.5 Å². The number of hydrogen-bond donors (Lipinski definition) is 2. The maximum atomic E-state index is 12.1. The fourth-order valence-electron chi connectivity index (χ4n) is 2.30. The van der Waals surface area contributed by atoms with Crippen LogP contribution in [-0.4, -0.2) is 26.0 Å². The summed E-state index contributed by atoms with van der Waals surface area (Å²) in [5, 5.41) is 0. The molecule has 0 atom stereocenters. The van der Waals surface area contributed by atoms with Gasteiger partial charge in [-0.25, -0.2) is 0 Å². The number of nitrogens with one attached hydrogen (secondary N) is 2. The van der Waals surface area contributed by atoms with E-state index in [-0.39, 0.29) is 12.3 Å². The van der Waals surface area contributed by atoms with Gasteiger partial charge in [-0.15, -0.1) is 0 Å². The smallest absolute Gasteiger partial charge is 0.273 e. The minimum Gasteiger partial charge on any atom is -0.493 e. The fraction of sp³-hybridized carbons (Fsp3) is 0.294. The van der Waals surface area contributed by atoms with Gasteiger partial charge in [0.2, 0.25) is 5.91 Å². The van der Waals surface area contributed by atoms with E-state index >= 15 is 0 Å². The van der Waals surface area contributed by atoms with E-state index < -0.39 is 5.91 Å². The van der Waals surface area contributed by atoms with Gasteiger partial charge in [-0.2, -0.15) is 0 Å². The number of ether oxygens (including phenoxy) is 2. The number of amides is 2. The van der Waals surface area contributed by atoms with Crippen molar-refractivity contribution in [3.05, 3.63) is 45.3 Å². The summed E-state index contributed by atoms with van der Waals surface area (Å²) in [6.45, 7) is 3.43. The first kappa shape index (κ1) is 18.9. The van der Waals surface area contributed by atoms with Crippen molar-refractivity contribution in [1.82, 2.24) is 10.9 Å². The molecule has 0 fully saturated rings. The first-order valence-corrected chi connectivity index (χ1v) is 8.21. The maximum Gasteiger partial charge on any atom is 0.273 e. The van der Waals surface area contributed by atoms with Gasteiger partial charge in [0.15, 0.2) is 11.5 Å². The summed E-state index contributed by atoms with van der Waals surface area (Å²) in [5.41, 5.74) is 5.83. The summed E-state index contributed by atoms with van der Waals surface area (Å²) in [5.74, 6) is 1.38. The van der Waals surface area contributed by atoms with E-state index in [0.29, 0.717) is 38.6 Å². The van der Waals surface area contributed by atoms with Crippen LogP contribution in [0.15, 0.2) is 27.1 Å². The Balaban J connectivity index is 2.01. The highest BCUT2D eigenvalue weighted by atomic mass is 79.9. The lowest BCUT2D eigenvalue weighted by atomic mass is 10.1. The van der Waals surface area contributed by atoms with Gasteiger partial charge in [-0.3, -0.25) is 20.4 Å². The second-order valence-corrected chi connectivity index (χ2v) is 6.16. The SMILES string of the molecule is COc1cc(Br)c(CC(=O)NNC(=O)c2cc(C)oc2C)cc1OC. The predicted octanol–water partition coefficient (Wildman–Crippen LogP) is 2.68. The molecule has 1 aromatic heterocycles. The zero-order chi connectivity index (χ0) is 18.6. The summed E-state index contributed by atoms with van der Waals surface area (Å²) in [6.07, 6.45) is 0.0462. The van der Waals surface area contributed by atoms with Gasteiger partial charge >= 0.3 is 0 Å². The van der Waals surface area contributed by atoms with Gasteiger partial charge in [0, 0.05) is 4.47 Å². The van der Waals surface area contributed by atoms with Crippen LogP contribution in [0.2, 0.25) is 0 Å². The minimum absolute atomic E-state index is 0.0462. The molecule has 0 unspecified atom stereocenters. The Hall–Kier alpha value is -2.48. The van der Waals surface area contributed by atoms with E-state index in [1.807, 2.05) is 0 Å². The first-order valence-electron chi connectivity index (χ1n) is 7.42. The Morgan fingerprint density at radius 2 is 1.72 bits per heavy atom. The van der Waals surface area contributed by atoms with Crippen LogP contribution in [0, 0.1) is 13.8 Å². The van der Waals surface area contributed by atoms with E-state index in [2.05, 4.69) is 26.8 Å². The van der Waals surface area contributed by atoms with Crippen LogP contribution in [0.4, 0.5) is 0 Å². The molecule has 0 aliphatic heterocycles. The zero-order valence-corrected chi connectivity index (χ0v) is 15.9. The third-order valence-corrected chi connectivity index (χ3v) is 4.24. The molecule has 0 spiro atoms.